The molecule has 0 fully saturated rings. The Bertz CT molecular complexity index is 524. The molecule has 102 valence electrons. The summed E-state index contributed by atoms with van der Waals surface area (Å²) in [7, 11) is 0. The summed E-state index contributed by atoms with van der Waals surface area (Å²) in [6.45, 7) is 4.25. The number of hydrogen-bond donors (Lipinski definition) is 2. The molecule has 2 aromatic rings. The molecule has 6 heteroatoms. The number of nitrogens with two attached hydrogens (primary N) is 1. The van der Waals surface area contributed by atoms with Crippen LogP contribution in [-0.2, 0) is 6.42 Å². The summed E-state index contributed by atoms with van der Waals surface area (Å²) in [6, 6.07) is 8.55. The largest absolute Gasteiger partial charge is 0.271 e. The van der Waals surface area contributed by atoms with Crippen molar-refractivity contribution >= 4 is 34.1 Å². The van der Waals surface area contributed by atoms with Crippen molar-refractivity contribution < 1.29 is 0 Å². The number of hydrogen-bond acceptors (Lipinski definition) is 5. The maximum atomic E-state index is 5.71. The summed E-state index contributed by atoms with van der Waals surface area (Å²) in [6.07, 6.45) is 0.844. The van der Waals surface area contributed by atoms with E-state index in [-0.39, 0.29) is 6.04 Å². The Labute approximate surface area is 131 Å². The lowest BCUT2D eigenvalue weighted by Gasteiger charge is -2.16. The van der Waals surface area contributed by atoms with Crippen LogP contribution in [0.5, 0.6) is 0 Å². The van der Waals surface area contributed by atoms with Gasteiger partial charge in [-0.05, 0) is 64.2 Å². The van der Waals surface area contributed by atoms with Gasteiger partial charge in [0, 0.05) is 3.57 Å². The van der Waals surface area contributed by atoms with E-state index in [1.54, 1.807) is 0 Å². The molecule has 1 atom stereocenters. The molecule has 0 aliphatic heterocycles. The molecular weight excluding hydrogens is 371 g/mol. The Hall–Kier alpha value is -0.570. The molecule has 0 radical (unpaired) electrons. The molecular formula is C13H17IN4S. The minimum atomic E-state index is 0.0671. The second-order valence-electron chi connectivity index (χ2n) is 4.73. The van der Waals surface area contributed by atoms with Gasteiger partial charge in [-0.25, -0.2) is 0 Å². The van der Waals surface area contributed by atoms with Gasteiger partial charge in [0.15, 0.2) is 0 Å². The van der Waals surface area contributed by atoms with Gasteiger partial charge in [-0.15, -0.1) is 5.10 Å². The summed E-state index contributed by atoms with van der Waals surface area (Å²) >= 11 is 3.73. The minimum Gasteiger partial charge on any atom is -0.271 e. The van der Waals surface area contributed by atoms with Crippen LogP contribution < -0.4 is 11.3 Å². The van der Waals surface area contributed by atoms with Crippen LogP contribution in [0.1, 0.15) is 41.9 Å². The van der Waals surface area contributed by atoms with E-state index in [0.29, 0.717) is 5.92 Å². The highest BCUT2D eigenvalue weighted by molar-refractivity contribution is 14.1. The van der Waals surface area contributed by atoms with Crippen LogP contribution in [0.2, 0.25) is 0 Å². The fourth-order valence-electron chi connectivity index (χ4n) is 1.93. The number of rotatable bonds is 5. The molecule has 4 nitrogen and oxygen atoms in total. The van der Waals surface area contributed by atoms with Crippen molar-refractivity contribution in [2.45, 2.75) is 32.2 Å². The lowest BCUT2D eigenvalue weighted by atomic mass is 10.0. The Balaban J connectivity index is 2.20. The molecule has 0 bridgehead atoms. The molecule has 19 heavy (non-hydrogen) atoms. The monoisotopic (exact) mass is 388 g/mol. The van der Waals surface area contributed by atoms with Crippen LogP contribution in [0.25, 0.3) is 0 Å². The molecule has 0 spiro atoms. The predicted molar refractivity (Wildman–Crippen MR) is 86.9 cm³/mol. The molecule has 3 N–H and O–H groups in total. The standard InChI is InChI=1S/C13H17IN4S/c1-8(2)12-13(19-18-17-12)11(16-15)7-9-3-5-10(14)6-4-9/h3-6,8,11,16H,7,15H2,1-2H3. The first kappa shape index (κ1) is 14.8. The fourth-order valence-corrected chi connectivity index (χ4v) is 3.16. The zero-order valence-electron chi connectivity index (χ0n) is 10.9. The minimum absolute atomic E-state index is 0.0671. The van der Waals surface area contributed by atoms with E-state index in [0.717, 1.165) is 17.0 Å². The number of hydrazine groups is 1. The van der Waals surface area contributed by atoms with E-state index in [9.17, 15) is 0 Å². The van der Waals surface area contributed by atoms with Gasteiger partial charge in [0.2, 0.25) is 0 Å². The quantitative estimate of drug-likeness (QED) is 0.470. The normalized spacial score (nSPS) is 12.9. The topological polar surface area (TPSA) is 63.8 Å². The maximum absolute atomic E-state index is 5.71. The Morgan fingerprint density at radius 2 is 2.00 bits per heavy atom. The molecule has 0 aliphatic rings. The van der Waals surface area contributed by atoms with Gasteiger partial charge in [0.25, 0.3) is 0 Å². The average Bonchev–Trinajstić information content (AvgIpc) is 2.87. The lowest BCUT2D eigenvalue weighted by molar-refractivity contribution is 0.551. The van der Waals surface area contributed by atoms with E-state index >= 15 is 0 Å². The highest BCUT2D eigenvalue weighted by Crippen LogP contribution is 2.28. The third kappa shape index (κ3) is 3.71. The molecule has 1 aromatic heterocycles. The maximum Gasteiger partial charge on any atom is 0.0829 e. The molecule has 0 saturated carbocycles. The number of benzene rings is 1. The van der Waals surface area contributed by atoms with E-state index in [2.05, 4.69) is 75.7 Å². The zero-order chi connectivity index (χ0) is 13.8. The van der Waals surface area contributed by atoms with E-state index < -0.39 is 0 Å². The molecule has 2 rings (SSSR count). The molecule has 1 heterocycles. The molecule has 1 aromatic carbocycles. The number of nitrogens with one attached hydrogen (secondary N) is 1. The number of halogens is 1. The van der Waals surface area contributed by atoms with Gasteiger partial charge < -0.3 is 0 Å². The Morgan fingerprint density at radius 3 is 2.58 bits per heavy atom. The van der Waals surface area contributed by atoms with Crippen LogP contribution >= 0.6 is 34.1 Å². The molecule has 0 aliphatic carbocycles. The Morgan fingerprint density at radius 1 is 1.32 bits per heavy atom. The fraction of sp³-hybridized carbons (Fsp3) is 0.385. The first-order chi connectivity index (χ1) is 9.11. The van der Waals surface area contributed by atoms with Crippen molar-refractivity contribution in [2.75, 3.05) is 0 Å². The third-order valence-electron chi connectivity index (χ3n) is 2.96. The Kier molecular flexibility index (Phi) is 5.26. The van der Waals surface area contributed by atoms with Crippen molar-refractivity contribution in [2.24, 2.45) is 5.84 Å². The predicted octanol–water partition coefficient (Wildman–Crippen LogP) is 3.01. The molecule has 0 amide bonds. The van der Waals surface area contributed by atoms with Gasteiger partial charge in [0.05, 0.1) is 16.6 Å². The summed E-state index contributed by atoms with van der Waals surface area (Å²) in [5.74, 6) is 6.07. The lowest BCUT2D eigenvalue weighted by Crippen LogP contribution is -2.29. The van der Waals surface area contributed by atoms with Crippen molar-refractivity contribution in [1.82, 2.24) is 15.0 Å². The number of nitrogens with zero attached hydrogens (tertiary/aromatic N) is 2. The SMILES string of the molecule is CC(C)c1nnsc1C(Cc1ccc(I)cc1)NN. The van der Waals surface area contributed by atoms with Crippen molar-refractivity contribution in [3.63, 3.8) is 0 Å². The smallest absolute Gasteiger partial charge is 0.0829 e. The van der Waals surface area contributed by atoms with Crippen LogP contribution in [0.15, 0.2) is 24.3 Å². The van der Waals surface area contributed by atoms with Gasteiger partial charge in [-0.2, -0.15) is 0 Å². The van der Waals surface area contributed by atoms with Gasteiger partial charge in [-0.3, -0.25) is 11.3 Å². The number of aromatic nitrogens is 2. The first-order valence-electron chi connectivity index (χ1n) is 6.14. The second-order valence-corrected chi connectivity index (χ2v) is 6.76. The highest BCUT2D eigenvalue weighted by Gasteiger charge is 2.20. The summed E-state index contributed by atoms with van der Waals surface area (Å²) in [5, 5.41) is 4.21. The summed E-state index contributed by atoms with van der Waals surface area (Å²) < 4.78 is 5.30. The van der Waals surface area contributed by atoms with E-state index in [1.165, 1.54) is 20.7 Å². The van der Waals surface area contributed by atoms with Crippen molar-refractivity contribution in [3.8, 4) is 0 Å². The first-order valence-corrected chi connectivity index (χ1v) is 7.99. The van der Waals surface area contributed by atoms with E-state index in [1.807, 2.05) is 0 Å². The van der Waals surface area contributed by atoms with Crippen LogP contribution in [0, 0.1) is 3.57 Å². The molecule has 0 saturated heterocycles. The van der Waals surface area contributed by atoms with Crippen molar-refractivity contribution in [3.05, 3.63) is 44.0 Å². The second kappa shape index (κ2) is 6.74. The van der Waals surface area contributed by atoms with Crippen molar-refractivity contribution in [1.29, 1.82) is 0 Å². The van der Waals surface area contributed by atoms with Crippen LogP contribution in [-0.4, -0.2) is 9.59 Å². The average molecular weight is 388 g/mol. The highest BCUT2D eigenvalue weighted by atomic mass is 127. The zero-order valence-corrected chi connectivity index (χ0v) is 13.9. The summed E-state index contributed by atoms with van der Waals surface area (Å²) in [5.41, 5.74) is 5.19. The third-order valence-corrected chi connectivity index (χ3v) is 4.53. The summed E-state index contributed by atoms with van der Waals surface area (Å²) in [4.78, 5) is 1.14. The molecule has 1 unspecified atom stereocenters. The van der Waals surface area contributed by atoms with Crippen LogP contribution in [0.3, 0.4) is 0 Å². The van der Waals surface area contributed by atoms with E-state index in [4.69, 9.17) is 5.84 Å². The van der Waals surface area contributed by atoms with Gasteiger partial charge in [-0.1, -0.05) is 30.5 Å². The van der Waals surface area contributed by atoms with Gasteiger partial charge in [0.1, 0.15) is 0 Å². The van der Waals surface area contributed by atoms with Gasteiger partial charge >= 0.3 is 0 Å². The van der Waals surface area contributed by atoms with Crippen LogP contribution in [0.4, 0.5) is 0 Å².